The van der Waals surface area contributed by atoms with Crippen molar-refractivity contribution in [3.05, 3.63) is 11.9 Å². The number of aromatic nitrogens is 2. The molecule has 0 aliphatic rings. The van der Waals surface area contributed by atoms with Crippen molar-refractivity contribution < 1.29 is 9.90 Å². The number of nitrogens with one attached hydrogen (secondary N) is 1. The van der Waals surface area contributed by atoms with Crippen LogP contribution in [0.3, 0.4) is 0 Å². The number of aliphatic hydroxyl groups excluding tert-OH is 1. The van der Waals surface area contributed by atoms with E-state index in [0.29, 0.717) is 24.3 Å². The average Bonchev–Trinajstić information content (AvgIpc) is 2.56. The van der Waals surface area contributed by atoms with Gasteiger partial charge in [-0.15, -0.1) is 0 Å². The molecule has 0 saturated carbocycles. The first kappa shape index (κ1) is 12.5. The van der Waals surface area contributed by atoms with Crippen molar-refractivity contribution in [3.63, 3.8) is 0 Å². The van der Waals surface area contributed by atoms with Gasteiger partial charge in [0.1, 0.15) is 5.69 Å². The van der Waals surface area contributed by atoms with Gasteiger partial charge < -0.3 is 16.2 Å². The first-order chi connectivity index (χ1) is 7.56. The lowest BCUT2D eigenvalue weighted by atomic mass is 10.1. The van der Waals surface area contributed by atoms with Gasteiger partial charge in [-0.2, -0.15) is 5.10 Å². The Morgan fingerprint density at radius 1 is 1.75 bits per heavy atom. The highest BCUT2D eigenvalue weighted by Crippen LogP contribution is 2.09. The van der Waals surface area contributed by atoms with E-state index < -0.39 is 0 Å². The lowest BCUT2D eigenvalue weighted by Gasteiger charge is -2.11. The Kier molecular flexibility index (Phi) is 4.30. The number of carbonyl (C=O) groups excluding carboxylic acids is 1. The van der Waals surface area contributed by atoms with Crippen LogP contribution in [-0.2, 0) is 7.05 Å². The van der Waals surface area contributed by atoms with E-state index in [-0.39, 0.29) is 18.4 Å². The van der Waals surface area contributed by atoms with E-state index in [4.69, 9.17) is 10.8 Å². The Morgan fingerprint density at radius 2 is 2.44 bits per heavy atom. The van der Waals surface area contributed by atoms with Gasteiger partial charge in [-0.1, -0.05) is 6.92 Å². The Morgan fingerprint density at radius 3 is 2.94 bits per heavy atom. The van der Waals surface area contributed by atoms with Gasteiger partial charge in [0.15, 0.2) is 0 Å². The molecule has 0 aliphatic heterocycles. The van der Waals surface area contributed by atoms with Gasteiger partial charge in [0, 0.05) is 20.2 Å². The second-order valence-electron chi connectivity index (χ2n) is 3.90. The van der Waals surface area contributed by atoms with Crippen LogP contribution in [0, 0.1) is 5.92 Å². The summed E-state index contributed by atoms with van der Waals surface area (Å²) in [5, 5.41) is 15.4. The van der Waals surface area contributed by atoms with E-state index in [9.17, 15) is 4.79 Å². The van der Waals surface area contributed by atoms with Crippen LogP contribution >= 0.6 is 0 Å². The Hall–Kier alpha value is -1.56. The Bertz CT molecular complexity index is 342. The zero-order valence-corrected chi connectivity index (χ0v) is 9.60. The SMILES string of the molecule is CC(CCO)CNC(=O)c1c(N)cnn1C. The second kappa shape index (κ2) is 5.50. The van der Waals surface area contributed by atoms with E-state index in [0.717, 1.165) is 0 Å². The van der Waals surface area contributed by atoms with Gasteiger partial charge in [0.25, 0.3) is 5.91 Å². The Balaban J connectivity index is 2.53. The van der Waals surface area contributed by atoms with Gasteiger partial charge in [-0.25, -0.2) is 0 Å². The van der Waals surface area contributed by atoms with Gasteiger partial charge in [-0.3, -0.25) is 9.48 Å². The first-order valence-electron chi connectivity index (χ1n) is 5.22. The summed E-state index contributed by atoms with van der Waals surface area (Å²) in [7, 11) is 1.67. The quantitative estimate of drug-likeness (QED) is 0.645. The predicted molar refractivity (Wildman–Crippen MR) is 60.8 cm³/mol. The number of rotatable bonds is 5. The molecule has 16 heavy (non-hydrogen) atoms. The molecular formula is C10H18N4O2. The summed E-state index contributed by atoms with van der Waals surface area (Å²) >= 11 is 0. The third-order valence-corrected chi connectivity index (χ3v) is 2.42. The highest BCUT2D eigenvalue weighted by Gasteiger charge is 2.15. The molecule has 1 amide bonds. The molecular weight excluding hydrogens is 208 g/mol. The molecule has 0 aliphatic carbocycles. The number of aryl methyl sites for hydroxylation is 1. The summed E-state index contributed by atoms with van der Waals surface area (Å²) in [6.45, 7) is 2.61. The van der Waals surface area contributed by atoms with E-state index >= 15 is 0 Å². The summed E-state index contributed by atoms with van der Waals surface area (Å²) in [5.41, 5.74) is 6.36. The van der Waals surface area contributed by atoms with E-state index in [1.807, 2.05) is 6.92 Å². The number of carbonyl (C=O) groups is 1. The predicted octanol–water partition coefficient (Wildman–Crippen LogP) is -0.249. The smallest absolute Gasteiger partial charge is 0.271 e. The zero-order valence-electron chi connectivity index (χ0n) is 9.60. The summed E-state index contributed by atoms with van der Waals surface area (Å²) in [5.74, 6) is 0.00527. The number of nitrogen functional groups attached to an aromatic ring is 1. The molecule has 1 aromatic rings. The highest BCUT2D eigenvalue weighted by atomic mass is 16.3. The molecule has 1 atom stereocenters. The average molecular weight is 226 g/mol. The van der Waals surface area contributed by atoms with Crippen LogP contribution in [0.1, 0.15) is 23.8 Å². The Labute approximate surface area is 94.4 Å². The van der Waals surface area contributed by atoms with Crippen molar-refractivity contribution in [3.8, 4) is 0 Å². The monoisotopic (exact) mass is 226 g/mol. The summed E-state index contributed by atoms with van der Waals surface area (Å²) in [6, 6.07) is 0. The second-order valence-corrected chi connectivity index (χ2v) is 3.90. The highest BCUT2D eigenvalue weighted by molar-refractivity contribution is 5.97. The molecule has 6 nitrogen and oxygen atoms in total. The van der Waals surface area contributed by atoms with E-state index in [1.165, 1.54) is 10.9 Å². The number of amides is 1. The molecule has 4 N–H and O–H groups in total. The molecule has 90 valence electrons. The van der Waals surface area contributed by atoms with Crippen LogP contribution in [0.25, 0.3) is 0 Å². The van der Waals surface area contributed by atoms with Crippen molar-refractivity contribution in [2.45, 2.75) is 13.3 Å². The van der Waals surface area contributed by atoms with Gasteiger partial charge >= 0.3 is 0 Å². The van der Waals surface area contributed by atoms with Crippen LogP contribution in [0.15, 0.2) is 6.20 Å². The molecule has 0 spiro atoms. The van der Waals surface area contributed by atoms with Crippen molar-refractivity contribution in [1.82, 2.24) is 15.1 Å². The number of hydrogen-bond acceptors (Lipinski definition) is 4. The molecule has 1 aromatic heterocycles. The van der Waals surface area contributed by atoms with Crippen LogP contribution < -0.4 is 11.1 Å². The lowest BCUT2D eigenvalue weighted by molar-refractivity contribution is 0.0937. The van der Waals surface area contributed by atoms with Crippen molar-refractivity contribution in [2.75, 3.05) is 18.9 Å². The van der Waals surface area contributed by atoms with Crippen LogP contribution in [0.4, 0.5) is 5.69 Å². The fourth-order valence-corrected chi connectivity index (χ4v) is 1.41. The lowest BCUT2D eigenvalue weighted by Crippen LogP contribution is -2.30. The van der Waals surface area contributed by atoms with Crippen LogP contribution in [-0.4, -0.2) is 33.9 Å². The number of hydrogen-bond donors (Lipinski definition) is 3. The fraction of sp³-hybridized carbons (Fsp3) is 0.600. The zero-order chi connectivity index (χ0) is 12.1. The molecule has 1 rings (SSSR count). The minimum atomic E-state index is -0.234. The van der Waals surface area contributed by atoms with Crippen LogP contribution in [0.2, 0.25) is 0 Å². The third-order valence-electron chi connectivity index (χ3n) is 2.42. The number of nitrogens with zero attached hydrogens (tertiary/aromatic N) is 2. The van der Waals surface area contributed by atoms with Crippen molar-refractivity contribution in [2.24, 2.45) is 13.0 Å². The minimum Gasteiger partial charge on any atom is -0.396 e. The van der Waals surface area contributed by atoms with Crippen molar-refractivity contribution >= 4 is 11.6 Å². The summed E-state index contributed by atoms with van der Waals surface area (Å²) in [6.07, 6.45) is 2.12. The molecule has 6 heteroatoms. The first-order valence-corrected chi connectivity index (χ1v) is 5.22. The maximum absolute atomic E-state index is 11.7. The van der Waals surface area contributed by atoms with Gasteiger partial charge in [-0.05, 0) is 12.3 Å². The van der Waals surface area contributed by atoms with Crippen LogP contribution in [0.5, 0.6) is 0 Å². The number of anilines is 1. The molecule has 0 aromatic carbocycles. The number of aliphatic hydroxyl groups is 1. The van der Waals surface area contributed by atoms with E-state index in [2.05, 4.69) is 10.4 Å². The normalized spacial score (nSPS) is 12.4. The maximum Gasteiger partial charge on any atom is 0.271 e. The topological polar surface area (TPSA) is 93.2 Å². The largest absolute Gasteiger partial charge is 0.396 e. The fourth-order valence-electron chi connectivity index (χ4n) is 1.41. The maximum atomic E-state index is 11.7. The minimum absolute atomic E-state index is 0.130. The molecule has 0 bridgehead atoms. The standard InChI is InChI=1S/C10H18N4O2/c1-7(3-4-15)5-12-10(16)9-8(11)6-13-14(9)2/h6-7,15H,3-5,11H2,1-2H3,(H,12,16). The third kappa shape index (κ3) is 2.96. The van der Waals surface area contributed by atoms with Gasteiger partial charge in [0.2, 0.25) is 0 Å². The van der Waals surface area contributed by atoms with Crippen molar-refractivity contribution in [1.29, 1.82) is 0 Å². The summed E-state index contributed by atoms with van der Waals surface area (Å²) in [4.78, 5) is 11.7. The van der Waals surface area contributed by atoms with E-state index in [1.54, 1.807) is 7.05 Å². The van der Waals surface area contributed by atoms with Gasteiger partial charge in [0.05, 0.1) is 11.9 Å². The molecule has 0 radical (unpaired) electrons. The summed E-state index contributed by atoms with van der Waals surface area (Å²) < 4.78 is 1.45. The molecule has 1 heterocycles. The number of nitrogens with two attached hydrogens (primary N) is 1. The molecule has 0 fully saturated rings. The molecule has 0 saturated heterocycles. The molecule has 1 unspecified atom stereocenters.